The normalized spacial score (nSPS) is 36.5. The van der Waals surface area contributed by atoms with Crippen LogP contribution in [0.5, 0.6) is 5.75 Å². The molecule has 4 atom stereocenters. The Labute approximate surface area is 144 Å². The molecule has 4 aliphatic heterocycles. The average Bonchev–Trinajstić information content (AvgIpc) is 3.38. The third kappa shape index (κ3) is 1.80. The Bertz CT molecular complexity index is 786. The van der Waals surface area contributed by atoms with E-state index in [1.165, 1.54) is 12.0 Å². The number of imide groups is 1. The van der Waals surface area contributed by atoms with Crippen LogP contribution in [0.4, 0.5) is 5.69 Å². The van der Waals surface area contributed by atoms with Gasteiger partial charge in [-0.2, -0.15) is 0 Å². The molecule has 130 valence electrons. The van der Waals surface area contributed by atoms with Crippen LogP contribution in [0.25, 0.3) is 0 Å². The number of carbonyl (C=O) groups is 2. The van der Waals surface area contributed by atoms with Crippen LogP contribution in [0.15, 0.2) is 36.4 Å². The highest BCUT2D eigenvalue weighted by Gasteiger charge is 2.71. The van der Waals surface area contributed by atoms with Crippen molar-refractivity contribution in [3.05, 3.63) is 36.4 Å². The first kappa shape index (κ1) is 15.1. The first-order valence-electron chi connectivity index (χ1n) is 8.28. The molecule has 0 radical (unpaired) electrons. The lowest BCUT2D eigenvalue weighted by Gasteiger charge is -2.32. The van der Waals surface area contributed by atoms with Crippen LogP contribution < -0.4 is 9.64 Å². The molecule has 7 nitrogen and oxygen atoms in total. The third-order valence-electron chi connectivity index (χ3n) is 5.39. The summed E-state index contributed by atoms with van der Waals surface area (Å²) in [6, 6.07) is 7.01. The van der Waals surface area contributed by atoms with Crippen LogP contribution in [0, 0.1) is 11.8 Å². The molecule has 0 N–H and O–H groups in total. The van der Waals surface area contributed by atoms with Gasteiger partial charge in [-0.1, -0.05) is 18.2 Å². The SMILES string of the molecule is COc1ccccc1N1C(=O)[C@H]2[C@@H](C1=O)[C@@]1(C3OCCO3)C=C[C@H]2O1. The maximum Gasteiger partial charge on any atom is 0.241 e. The molecule has 3 saturated heterocycles. The van der Waals surface area contributed by atoms with Gasteiger partial charge in [0, 0.05) is 0 Å². The van der Waals surface area contributed by atoms with E-state index >= 15 is 0 Å². The second-order valence-electron chi connectivity index (χ2n) is 6.56. The predicted molar refractivity (Wildman–Crippen MR) is 84.9 cm³/mol. The van der Waals surface area contributed by atoms with E-state index in [4.69, 9.17) is 18.9 Å². The Morgan fingerprint density at radius 1 is 1.16 bits per heavy atom. The smallest absolute Gasteiger partial charge is 0.241 e. The van der Waals surface area contributed by atoms with Crippen molar-refractivity contribution < 1.29 is 28.5 Å². The number of methoxy groups -OCH3 is 1. The summed E-state index contributed by atoms with van der Waals surface area (Å²) in [6.07, 6.45) is 2.56. The fraction of sp³-hybridized carbons (Fsp3) is 0.444. The van der Waals surface area contributed by atoms with Crippen molar-refractivity contribution in [2.75, 3.05) is 25.2 Å². The summed E-state index contributed by atoms with van der Waals surface area (Å²) < 4.78 is 22.6. The summed E-state index contributed by atoms with van der Waals surface area (Å²) in [5, 5.41) is 0. The number of carbonyl (C=O) groups excluding carboxylic acids is 2. The van der Waals surface area contributed by atoms with Crippen LogP contribution >= 0.6 is 0 Å². The number of anilines is 1. The molecular formula is C18H17NO6. The summed E-state index contributed by atoms with van der Waals surface area (Å²) in [7, 11) is 1.51. The highest BCUT2D eigenvalue weighted by Crippen LogP contribution is 2.55. The van der Waals surface area contributed by atoms with E-state index in [0.717, 1.165) is 0 Å². The van der Waals surface area contributed by atoms with Crippen molar-refractivity contribution in [2.45, 2.75) is 18.0 Å². The first-order chi connectivity index (χ1) is 12.2. The number of rotatable bonds is 3. The molecule has 7 heteroatoms. The van der Waals surface area contributed by atoms with Crippen LogP contribution in [-0.2, 0) is 23.8 Å². The van der Waals surface area contributed by atoms with Gasteiger partial charge in [0.05, 0.1) is 44.0 Å². The molecule has 25 heavy (non-hydrogen) atoms. The van der Waals surface area contributed by atoms with E-state index in [2.05, 4.69) is 0 Å². The van der Waals surface area contributed by atoms with Gasteiger partial charge in [-0.3, -0.25) is 9.59 Å². The third-order valence-corrected chi connectivity index (χ3v) is 5.39. The average molecular weight is 343 g/mol. The maximum atomic E-state index is 13.2. The summed E-state index contributed by atoms with van der Waals surface area (Å²) in [6.45, 7) is 0.897. The summed E-state index contributed by atoms with van der Waals surface area (Å²) in [5.74, 6) is -1.30. The fourth-order valence-corrected chi connectivity index (χ4v) is 4.38. The molecule has 0 unspecified atom stereocenters. The highest BCUT2D eigenvalue weighted by molar-refractivity contribution is 6.24. The van der Waals surface area contributed by atoms with Crippen molar-refractivity contribution in [1.29, 1.82) is 0 Å². The molecule has 0 aliphatic carbocycles. The second-order valence-corrected chi connectivity index (χ2v) is 6.56. The minimum absolute atomic E-state index is 0.270. The molecule has 1 aromatic carbocycles. The van der Waals surface area contributed by atoms with E-state index in [1.54, 1.807) is 24.3 Å². The topological polar surface area (TPSA) is 74.3 Å². The van der Waals surface area contributed by atoms with E-state index in [9.17, 15) is 9.59 Å². The van der Waals surface area contributed by atoms with Crippen LogP contribution in [0.1, 0.15) is 0 Å². The zero-order chi connectivity index (χ0) is 17.2. The Balaban J connectivity index is 1.58. The van der Waals surface area contributed by atoms with Gasteiger partial charge in [0.1, 0.15) is 5.75 Å². The molecule has 5 rings (SSSR count). The standard InChI is InChI=1S/C18H17NO6/c1-22-11-5-3-2-4-10(11)19-15(20)13-12-6-7-18(25-12,14(13)16(19)21)17-23-8-9-24-17/h2-7,12-14,17H,8-9H2,1H3/t12-,13-,14+,18-/m1/s1. The molecule has 4 heterocycles. The Hall–Kier alpha value is -2.22. The zero-order valence-corrected chi connectivity index (χ0v) is 13.6. The molecule has 0 aromatic heterocycles. The number of amides is 2. The highest BCUT2D eigenvalue weighted by atomic mass is 16.7. The van der Waals surface area contributed by atoms with E-state index < -0.39 is 29.8 Å². The monoisotopic (exact) mass is 343 g/mol. The van der Waals surface area contributed by atoms with Crippen LogP contribution in [0.2, 0.25) is 0 Å². The second kappa shape index (κ2) is 5.14. The molecule has 0 spiro atoms. The molecule has 3 fully saturated rings. The lowest BCUT2D eigenvalue weighted by molar-refractivity contribution is -0.180. The predicted octanol–water partition coefficient (Wildman–Crippen LogP) is 0.881. The molecule has 1 aromatic rings. The van der Waals surface area contributed by atoms with Crippen LogP contribution in [-0.4, -0.2) is 50.1 Å². The number of nitrogens with zero attached hydrogens (tertiary/aromatic N) is 1. The largest absolute Gasteiger partial charge is 0.495 e. The minimum Gasteiger partial charge on any atom is -0.495 e. The van der Waals surface area contributed by atoms with Gasteiger partial charge in [0.2, 0.25) is 11.8 Å². The van der Waals surface area contributed by atoms with Crippen molar-refractivity contribution in [3.8, 4) is 5.75 Å². The van der Waals surface area contributed by atoms with Crippen LogP contribution in [0.3, 0.4) is 0 Å². The number of para-hydroxylation sites is 2. The molecular weight excluding hydrogens is 326 g/mol. The van der Waals surface area contributed by atoms with E-state index in [-0.39, 0.29) is 11.8 Å². The Morgan fingerprint density at radius 2 is 1.92 bits per heavy atom. The lowest BCUT2D eigenvalue weighted by Crippen LogP contribution is -2.49. The van der Waals surface area contributed by atoms with Gasteiger partial charge in [-0.15, -0.1) is 0 Å². The summed E-state index contributed by atoms with van der Waals surface area (Å²) >= 11 is 0. The zero-order valence-electron chi connectivity index (χ0n) is 13.6. The molecule has 0 saturated carbocycles. The molecule has 2 bridgehead atoms. The van der Waals surface area contributed by atoms with E-state index in [0.29, 0.717) is 24.7 Å². The molecule has 2 amide bonds. The van der Waals surface area contributed by atoms with Gasteiger partial charge in [-0.25, -0.2) is 4.90 Å². The lowest BCUT2D eigenvalue weighted by atomic mass is 9.76. The molecule has 4 aliphatic rings. The van der Waals surface area contributed by atoms with Gasteiger partial charge in [0.15, 0.2) is 11.9 Å². The summed E-state index contributed by atoms with van der Waals surface area (Å²) in [4.78, 5) is 27.5. The van der Waals surface area contributed by atoms with Gasteiger partial charge in [0.25, 0.3) is 0 Å². The van der Waals surface area contributed by atoms with Gasteiger partial charge < -0.3 is 18.9 Å². The fourth-order valence-electron chi connectivity index (χ4n) is 4.38. The number of benzene rings is 1. The Kier molecular flexibility index (Phi) is 3.10. The summed E-state index contributed by atoms with van der Waals surface area (Å²) in [5.41, 5.74) is -0.577. The number of hydrogen-bond donors (Lipinski definition) is 0. The quantitative estimate of drug-likeness (QED) is 0.599. The van der Waals surface area contributed by atoms with Crippen molar-refractivity contribution in [2.24, 2.45) is 11.8 Å². The van der Waals surface area contributed by atoms with Crippen molar-refractivity contribution >= 4 is 17.5 Å². The number of hydrogen-bond acceptors (Lipinski definition) is 6. The van der Waals surface area contributed by atoms with Crippen molar-refractivity contribution in [3.63, 3.8) is 0 Å². The number of ether oxygens (including phenoxy) is 4. The van der Waals surface area contributed by atoms with Gasteiger partial charge >= 0.3 is 0 Å². The minimum atomic E-state index is -1.03. The van der Waals surface area contributed by atoms with E-state index in [1.807, 2.05) is 12.2 Å². The Morgan fingerprint density at radius 3 is 2.68 bits per heavy atom. The number of fused-ring (bicyclic) bond motifs is 5. The first-order valence-corrected chi connectivity index (χ1v) is 8.28. The van der Waals surface area contributed by atoms with Gasteiger partial charge in [-0.05, 0) is 18.2 Å². The maximum absolute atomic E-state index is 13.2. The van der Waals surface area contributed by atoms with Crippen molar-refractivity contribution in [1.82, 2.24) is 0 Å².